The second-order valence-corrected chi connectivity index (χ2v) is 6.69. The molecule has 2 unspecified atom stereocenters. The van der Waals surface area contributed by atoms with E-state index in [1.54, 1.807) is 7.11 Å². The highest BCUT2D eigenvalue weighted by Gasteiger charge is 2.25. The van der Waals surface area contributed by atoms with Gasteiger partial charge in [0.1, 0.15) is 6.10 Å². The average Bonchev–Trinajstić information content (AvgIpc) is 2.46. The monoisotopic (exact) mass is 313 g/mol. The summed E-state index contributed by atoms with van der Waals surface area (Å²) in [4.78, 5) is 12.0. The predicted octanol–water partition coefficient (Wildman–Crippen LogP) is 1.45. The second-order valence-electron chi connectivity index (χ2n) is 5.12. The van der Waals surface area contributed by atoms with Gasteiger partial charge in [-0.15, -0.1) is 0 Å². The topological polar surface area (TPSA) is 95.7 Å². The highest BCUT2D eigenvalue weighted by molar-refractivity contribution is 7.89. The standard InChI is InChI=1S/C14H19NO5S/c1-19-11-5-3-6-12(9-11)20-14(16)10-4-2-7-13(8-10)21(15,17)18/h2,4,7-8,11-12H,3,5-6,9H2,1H3,(H2,15,17,18). The van der Waals surface area contributed by atoms with Crippen LogP contribution in [0.15, 0.2) is 29.2 Å². The minimum Gasteiger partial charge on any atom is -0.459 e. The molecule has 0 radical (unpaired) electrons. The Morgan fingerprint density at radius 2 is 2.00 bits per heavy atom. The molecule has 0 amide bonds. The summed E-state index contributed by atoms with van der Waals surface area (Å²) in [5.41, 5.74) is 0.182. The number of sulfonamides is 1. The van der Waals surface area contributed by atoms with Gasteiger partial charge in [0.15, 0.2) is 0 Å². The van der Waals surface area contributed by atoms with Crippen molar-refractivity contribution in [2.45, 2.75) is 42.8 Å². The lowest BCUT2D eigenvalue weighted by molar-refractivity contribution is -0.0149. The number of benzene rings is 1. The zero-order valence-corrected chi connectivity index (χ0v) is 12.6. The molecular formula is C14H19NO5S. The van der Waals surface area contributed by atoms with E-state index < -0.39 is 16.0 Å². The number of rotatable bonds is 4. The van der Waals surface area contributed by atoms with E-state index in [0.717, 1.165) is 19.3 Å². The molecule has 1 aromatic rings. The van der Waals surface area contributed by atoms with E-state index in [9.17, 15) is 13.2 Å². The summed E-state index contributed by atoms with van der Waals surface area (Å²) in [7, 11) is -2.19. The zero-order chi connectivity index (χ0) is 15.5. The van der Waals surface area contributed by atoms with Gasteiger partial charge in [-0.2, -0.15) is 0 Å². The molecule has 7 heteroatoms. The molecule has 6 nitrogen and oxygen atoms in total. The number of nitrogens with two attached hydrogens (primary N) is 1. The lowest BCUT2D eigenvalue weighted by Gasteiger charge is -2.27. The number of esters is 1. The fourth-order valence-corrected chi connectivity index (χ4v) is 3.00. The van der Waals surface area contributed by atoms with Crippen LogP contribution in [0.1, 0.15) is 36.0 Å². The van der Waals surface area contributed by atoms with Gasteiger partial charge in [-0.1, -0.05) is 6.07 Å². The van der Waals surface area contributed by atoms with Crippen molar-refractivity contribution in [2.75, 3.05) is 7.11 Å². The van der Waals surface area contributed by atoms with E-state index in [4.69, 9.17) is 14.6 Å². The normalized spacial score (nSPS) is 22.8. The van der Waals surface area contributed by atoms with Crippen LogP contribution in [0, 0.1) is 0 Å². The van der Waals surface area contributed by atoms with Crippen LogP contribution in [-0.4, -0.2) is 33.7 Å². The number of primary sulfonamides is 1. The second kappa shape index (κ2) is 6.55. The number of methoxy groups -OCH3 is 1. The van der Waals surface area contributed by atoms with Gasteiger partial charge in [0.05, 0.1) is 16.6 Å². The van der Waals surface area contributed by atoms with Crippen molar-refractivity contribution >= 4 is 16.0 Å². The fraction of sp³-hybridized carbons (Fsp3) is 0.500. The molecule has 1 aliphatic carbocycles. The number of hydrogen-bond acceptors (Lipinski definition) is 5. The molecule has 116 valence electrons. The molecule has 0 aromatic heterocycles. The first-order chi connectivity index (χ1) is 9.90. The molecule has 1 fully saturated rings. The molecule has 2 N–H and O–H groups in total. The van der Waals surface area contributed by atoms with Crippen LogP contribution in [0.5, 0.6) is 0 Å². The van der Waals surface area contributed by atoms with Gasteiger partial charge in [-0.25, -0.2) is 18.4 Å². The third-order valence-corrected chi connectivity index (χ3v) is 4.49. The highest BCUT2D eigenvalue weighted by Crippen LogP contribution is 2.24. The van der Waals surface area contributed by atoms with Gasteiger partial charge in [0.2, 0.25) is 10.0 Å². The fourth-order valence-electron chi connectivity index (χ4n) is 2.44. The average molecular weight is 313 g/mol. The van der Waals surface area contributed by atoms with Crippen molar-refractivity contribution < 1.29 is 22.7 Å². The molecule has 0 aliphatic heterocycles. The van der Waals surface area contributed by atoms with Crippen LogP contribution in [0.2, 0.25) is 0 Å². The molecule has 21 heavy (non-hydrogen) atoms. The van der Waals surface area contributed by atoms with Gasteiger partial charge >= 0.3 is 5.97 Å². The van der Waals surface area contributed by atoms with Crippen LogP contribution in [0.25, 0.3) is 0 Å². The van der Waals surface area contributed by atoms with E-state index >= 15 is 0 Å². The molecule has 2 rings (SSSR count). The predicted molar refractivity (Wildman–Crippen MR) is 76.3 cm³/mol. The Balaban J connectivity index is 2.07. The molecule has 1 saturated carbocycles. The molecule has 0 spiro atoms. The lowest BCUT2D eigenvalue weighted by atomic mass is 9.95. The molecule has 0 bridgehead atoms. The van der Waals surface area contributed by atoms with Gasteiger partial charge in [0, 0.05) is 13.5 Å². The summed E-state index contributed by atoms with van der Waals surface area (Å²) < 4.78 is 33.3. The summed E-state index contributed by atoms with van der Waals surface area (Å²) in [6.45, 7) is 0. The Bertz CT molecular complexity index is 614. The lowest BCUT2D eigenvalue weighted by Crippen LogP contribution is -2.29. The van der Waals surface area contributed by atoms with Crippen molar-refractivity contribution in [1.82, 2.24) is 0 Å². The number of ether oxygens (including phenoxy) is 2. The van der Waals surface area contributed by atoms with Crippen LogP contribution in [0.3, 0.4) is 0 Å². The quantitative estimate of drug-likeness (QED) is 0.849. The Hall–Kier alpha value is -1.44. The number of carbonyl (C=O) groups excluding carboxylic acids is 1. The first-order valence-electron chi connectivity index (χ1n) is 6.77. The Labute approximate surface area is 124 Å². The van der Waals surface area contributed by atoms with E-state index in [1.807, 2.05) is 0 Å². The van der Waals surface area contributed by atoms with Crippen LogP contribution in [-0.2, 0) is 19.5 Å². The van der Waals surface area contributed by atoms with Gasteiger partial charge in [-0.3, -0.25) is 0 Å². The van der Waals surface area contributed by atoms with Gasteiger partial charge < -0.3 is 9.47 Å². The van der Waals surface area contributed by atoms with Crippen molar-refractivity contribution in [1.29, 1.82) is 0 Å². The highest BCUT2D eigenvalue weighted by atomic mass is 32.2. The molecule has 0 saturated heterocycles. The first kappa shape index (κ1) is 15.9. The van der Waals surface area contributed by atoms with Crippen molar-refractivity contribution in [2.24, 2.45) is 5.14 Å². The third-order valence-electron chi connectivity index (χ3n) is 3.58. The van der Waals surface area contributed by atoms with Crippen LogP contribution < -0.4 is 5.14 Å². The van der Waals surface area contributed by atoms with Crippen molar-refractivity contribution in [3.63, 3.8) is 0 Å². The SMILES string of the molecule is COC1CCCC(OC(=O)c2cccc(S(N)(=O)=O)c2)C1. The summed E-state index contributed by atoms with van der Waals surface area (Å²) in [5, 5.41) is 5.05. The van der Waals surface area contributed by atoms with Crippen LogP contribution in [0.4, 0.5) is 0 Å². The molecular weight excluding hydrogens is 294 g/mol. The summed E-state index contributed by atoms with van der Waals surface area (Å²) >= 11 is 0. The number of carbonyl (C=O) groups is 1. The summed E-state index contributed by atoms with van der Waals surface area (Å²) in [6, 6.07) is 5.55. The smallest absolute Gasteiger partial charge is 0.338 e. The molecule has 1 aromatic carbocycles. The molecule has 2 atom stereocenters. The molecule has 1 aliphatic rings. The number of hydrogen-bond donors (Lipinski definition) is 1. The summed E-state index contributed by atoms with van der Waals surface area (Å²) in [6.07, 6.45) is 3.26. The minimum absolute atomic E-state index is 0.102. The van der Waals surface area contributed by atoms with E-state index in [2.05, 4.69) is 0 Å². The van der Waals surface area contributed by atoms with Gasteiger partial charge in [0.25, 0.3) is 0 Å². The Morgan fingerprint density at radius 3 is 2.67 bits per heavy atom. The van der Waals surface area contributed by atoms with Crippen molar-refractivity contribution in [3.05, 3.63) is 29.8 Å². The maximum atomic E-state index is 12.1. The van der Waals surface area contributed by atoms with Crippen molar-refractivity contribution in [3.8, 4) is 0 Å². The zero-order valence-electron chi connectivity index (χ0n) is 11.8. The van der Waals surface area contributed by atoms with E-state index in [1.165, 1.54) is 24.3 Å². The third kappa shape index (κ3) is 4.26. The summed E-state index contributed by atoms with van der Waals surface area (Å²) in [5.74, 6) is -0.540. The van der Waals surface area contributed by atoms with E-state index in [0.29, 0.717) is 6.42 Å². The first-order valence-corrected chi connectivity index (χ1v) is 8.31. The van der Waals surface area contributed by atoms with Gasteiger partial charge in [-0.05, 0) is 37.5 Å². The van der Waals surface area contributed by atoms with E-state index in [-0.39, 0.29) is 22.7 Å². The Morgan fingerprint density at radius 1 is 1.29 bits per heavy atom. The maximum absolute atomic E-state index is 12.1. The minimum atomic E-state index is -3.83. The molecule has 0 heterocycles. The van der Waals surface area contributed by atoms with Crippen LogP contribution >= 0.6 is 0 Å². The Kier molecular flexibility index (Phi) is 4.97. The largest absolute Gasteiger partial charge is 0.459 e. The maximum Gasteiger partial charge on any atom is 0.338 e.